The summed E-state index contributed by atoms with van der Waals surface area (Å²) in [5, 5.41) is 9.77. The maximum absolute atomic E-state index is 12.7. The van der Waals surface area contributed by atoms with Gasteiger partial charge in [0, 0.05) is 13.0 Å². The number of amides is 6. The van der Waals surface area contributed by atoms with Crippen LogP contribution < -0.4 is 32.7 Å². The molecule has 0 unspecified atom stereocenters. The van der Waals surface area contributed by atoms with Gasteiger partial charge in [0.2, 0.25) is 29.5 Å². The normalized spacial score (nSPS) is 15.6. The lowest BCUT2D eigenvalue weighted by molar-refractivity contribution is -0.355. The van der Waals surface area contributed by atoms with Crippen molar-refractivity contribution >= 4 is 35.4 Å². The van der Waals surface area contributed by atoms with Gasteiger partial charge in [-0.2, -0.15) is 0 Å². The van der Waals surface area contributed by atoms with Crippen molar-refractivity contribution in [2.24, 2.45) is 5.73 Å². The number of carbonyl (C=O) groups excluding carboxylic acids is 6. The van der Waals surface area contributed by atoms with E-state index in [2.05, 4.69) is 27.0 Å². The van der Waals surface area contributed by atoms with E-state index >= 15 is 0 Å². The lowest BCUT2D eigenvalue weighted by atomic mass is 10.1. The number of nitrogens with zero attached hydrogens (tertiary/aromatic N) is 1. The number of carbonyl (C=O) groups is 6. The van der Waals surface area contributed by atoms with Crippen molar-refractivity contribution in [2.45, 2.75) is 31.3 Å². The van der Waals surface area contributed by atoms with Crippen LogP contribution in [0.1, 0.15) is 18.4 Å². The summed E-state index contributed by atoms with van der Waals surface area (Å²) in [5.74, 6) is -3.25. The minimum atomic E-state index is -1.00. The predicted octanol–water partition coefficient (Wildman–Crippen LogP) is -4.22. The van der Waals surface area contributed by atoms with Crippen LogP contribution in [-0.2, 0) is 35.2 Å². The van der Waals surface area contributed by atoms with E-state index in [9.17, 15) is 28.8 Å². The van der Waals surface area contributed by atoms with E-state index in [1.54, 1.807) is 24.3 Å². The molecule has 1 fully saturated rings. The van der Waals surface area contributed by atoms with Gasteiger partial charge in [-0.15, -0.1) is 0 Å². The second-order valence-corrected chi connectivity index (χ2v) is 7.98. The number of hydrogen-bond acceptors (Lipinski definition) is 6. The Kier molecular flexibility index (Phi) is 10.6. The first kappa shape index (κ1) is 27.2. The Balaban J connectivity index is 1.87. The predicted molar refractivity (Wildman–Crippen MR) is 123 cm³/mol. The quantitative estimate of drug-likeness (QED) is 0.171. The van der Waals surface area contributed by atoms with Crippen LogP contribution in [0.25, 0.3) is 0 Å². The van der Waals surface area contributed by atoms with Gasteiger partial charge in [-0.3, -0.25) is 28.8 Å². The molecule has 1 aliphatic heterocycles. The summed E-state index contributed by atoms with van der Waals surface area (Å²) < 4.78 is 0. The van der Waals surface area contributed by atoms with Crippen LogP contribution >= 0.6 is 0 Å². The van der Waals surface area contributed by atoms with Gasteiger partial charge in [0.05, 0.1) is 19.6 Å². The molecular weight excluding hydrogens is 458 g/mol. The fourth-order valence-corrected chi connectivity index (χ4v) is 3.56. The van der Waals surface area contributed by atoms with Gasteiger partial charge in [-0.1, -0.05) is 30.3 Å². The number of primary amides is 1. The van der Waals surface area contributed by atoms with Crippen molar-refractivity contribution in [3.8, 4) is 0 Å². The van der Waals surface area contributed by atoms with E-state index in [-0.39, 0.29) is 26.1 Å². The molecule has 0 saturated carbocycles. The Morgan fingerprint density at radius 3 is 2.26 bits per heavy atom. The zero-order chi connectivity index (χ0) is 25.8. The number of nitrogens with two attached hydrogens (primary N) is 1. The second kappa shape index (κ2) is 13.6. The monoisotopic (exact) mass is 490 g/mol. The zero-order valence-electron chi connectivity index (χ0n) is 19.4. The van der Waals surface area contributed by atoms with Gasteiger partial charge in [0.25, 0.3) is 5.91 Å². The maximum Gasteiger partial charge on any atom is 0.275 e. The van der Waals surface area contributed by atoms with Gasteiger partial charge in [0.1, 0.15) is 12.1 Å². The first-order valence-electron chi connectivity index (χ1n) is 11.2. The van der Waals surface area contributed by atoms with Gasteiger partial charge in [0.15, 0.2) is 6.54 Å². The molecule has 190 valence electrons. The molecule has 2 rings (SSSR count). The van der Waals surface area contributed by atoms with E-state index in [0.717, 1.165) is 5.56 Å². The number of benzene rings is 1. The molecule has 1 aromatic rings. The largest absolute Gasteiger partial charge is 0.368 e. The molecule has 0 radical (unpaired) electrons. The van der Waals surface area contributed by atoms with Crippen molar-refractivity contribution in [3.63, 3.8) is 0 Å². The topological polar surface area (TPSA) is 207 Å². The average Bonchev–Trinajstić information content (AvgIpc) is 3.35. The van der Waals surface area contributed by atoms with Crippen LogP contribution in [0.15, 0.2) is 30.3 Å². The van der Waals surface area contributed by atoms with Crippen molar-refractivity contribution in [3.05, 3.63) is 35.9 Å². The number of quaternary nitrogens is 1. The van der Waals surface area contributed by atoms with Crippen molar-refractivity contribution in [1.82, 2.24) is 26.2 Å². The van der Waals surface area contributed by atoms with Crippen LogP contribution in [-0.4, -0.2) is 85.2 Å². The molecule has 1 aliphatic rings. The van der Waals surface area contributed by atoms with Crippen molar-refractivity contribution in [2.75, 3.05) is 32.7 Å². The molecule has 0 bridgehead atoms. The number of rotatable bonds is 12. The van der Waals surface area contributed by atoms with Crippen LogP contribution in [0, 0.1) is 0 Å². The molecule has 6 amide bonds. The first-order chi connectivity index (χ1) is 16.7. The van der Waals surface area contributed by atoms with Crippen LogP contribution in [0.5, 0.6) is 0 Å². The summed E-state index contributed by atoms with van der Waals surface area (Å²) in [6, 6.07) is 7.27. The maximum atomic E-state index is 12.7. The van der Waals surface area contributed by atoms with E-state index in [4.69, 9.17) is 5.73 Å². The molecule has 13 nitrogen and oxygen atoms in total. The van der Waals surface area contributed by atoms with Gasteiger partial charge in [-0.05, 0) is 18.4 Å². The molecule has 1 aromatic carbocycles. The van der Waals surface area contributed by atoms with E-state index < -0.39 is 54.1 Å². The van der Waals surface area contributed by atoms with Crippen molar-refractivity contribution < 1.29 is 34.5 Å². The van der Waals surface area contributed by atoms with E-state index in [1.807, 2.05) is 6.07 Å². The molecule has 0 aromatic heterocycles. The Hall–Kier alpha value is -4.00. The minimum absolute atomic E-state index is 0.0280. The fourth-order valence-electron chi connectivity index (χ4n) is 3.56. The molecule has 2 atom stereocenters. The lowest BCUT2D eigenvalue weighted by Crippen LogP contribution is -2.58. The molecule has 35 heavy (non-hydrogen) atoms. The van der Waals surface area contributed by atoms with E-state index in [0.29, 0.717) is 19.4 Å². The summed E-state index contributed by atoms with van der Waals surface area (Å²) >= 11 is 0. The van der Waals surface area contributed by atoms with Crippen LogP contribution in [0.2, 0.25) is 0 Å². The van der Waals surface area contributed by atoms with Gasteiger partial charge in [-0.25, -0.2) is 0 Å². The lowest BCUT2D eigenvalue weighted by Gasteiger charge is -2.22. The summed E-state index contributed by atoms with van der Waals surface area (Å²) in [4.78, 5) is 73.5. The zero-order valence-corrected chi connectivity index (χ0v) is 19.4. The Labute approximate surface area is 202 Å². The molecule has 0 spiro atoms. The Bertz CT molecular complexity index is 939. The van der Waals surface area contributed by atoms with Crippen LogP contribution in [0.4, 0.5) is 0 Å². The molecule has 1 saturated heterocycles. The average molecular weight is 491 g/mol. The fraction of sp³-hybridized carbons (Fsp3) is 0.455. The molecule has 13 heteroatoms. The molecule has 9 N–H and O–H groups in total. The highest BCUT2D eigenvalue weighted by atomic mass is 16.2. The Morgan fingerprint density at radius 2 is 1.60 bits per heavy atom. The molecule has 1 heterocycles. The highest BCUT2D eigenvalue weighted by molar-refractivity contribution is 5.93. The molecular formula is C22H32N7O6+. The number of nitrogens with one attached hydrogen (secondary N) is 4. The first-order valence-corrected chi connectivity index (χ1v) is 11.2. The highest BCUT2D eigenvalue weighted by Crippen LogP contribution is 2.16. The second-order valence-electron chi connectivity index (χ2n) is 7.98. The summed E-state index contributed by atoms with van der Waals surface area (Å²) in [7, 11) is 0. The third kappa shape index (κ3) is 9.04. The number of likely N-dealkylation sites (tertiary alicyclic amines) is 1. The summed E-state index contributed by atoms with van der Waals surface area (Å²) in [6.07, 6.45) is 1.29. The summed E-state index contributed by atoms with van der Waals surface area (Å²) in [6.45, 7) is -0.730. The smallest absolute Gasteiger partial charge is 0.275 e. The third-order valence-corrected chi connectivity index (χ3v) is 5.37. The number of hydrogen-bond donors (Lipinski definition) is 6. The highest BCUT2D eigenvalue weighted by Gasteiger charge is 2.32. The SMILES string of the molecule is NC(=O)[C@@H]1CCCN1C(=O)CNC(=O)CNC(=O)[C@H](Cc1ccccc1)NC(=O)CNC(=O)C[NH3+]. The summed E-state index contributed by atoms with van der Waals surface area (Å²) in [5.41, 5.74) is 9.50. The molecule has 0 aliphatic carbocycles. The van der Waals surface area contributed by atoms with Crippen molar-refractivity contribution in [1.29, 1.82) is 0 Å². The minimum Gasteiger partial charge on any atom is -0.368 e. The van der Waals surface area contributed by atoms with Gasteiger partial charge >= 0.3 is 0 Å². The van der Waals surface area contributed by atoms with E-state index in [1.165, 1.54) is 4.90 Å². The Morgan fingerprint density at radius 1 is 0.943 bits per heavy atom. The standard InChI is InChI=1S/C22H31N7O6/c23-10-17(30)25-12-19(32)28-15(9-14-5-2-1-3-6-14)22(35)27-11-18(31)26-13-20(33)29-8-4-7-16(29)21(24)34/h1-3,5-6,15-16H,4,7-13,23H2,(H2,24,34)(H,25,30)(H,26,31)(H,27,35)(H,28,32)/p+1/t15-,16-/m0/s1. The van der Waals surface area contributed by atoms with Gasteiger partial charge < -0.3 is 37.6 Å². The van der Waals surface area contributed by atoms with Crippen LogP contribution in [0.3, 0.4) is 0 Å². The third-order valence-electron chi connectivity index (χ3n) is 5.37.